The van der Waals surface area contributed by atoms with Gasteiger partial charge in [-0.25, -0.2) is 4.79 Å². The minimum Gasteiger partial charge on any atom is -0.450 e. The average molecular weight is 387 g/mol. The molecule has 0 spiro atoms. The van der Waals surface area contributed by atoms with Gasteiger partial charge in [0.1, 0.15) is 0 Å². The Kier molecular flexibility index (Phi) is 5.64. The minimum atomic E-state index is -0.281. The second-order valence-corrected chi connectivity index (χ2v) is 7.86. The Hall–Kier alpha value is -2.38. The predicted molar refractivity (Wildman–Crippen MR) is 104 cm³/mol. The second-order valence-electron chi connectivity index (χ2n) is 7.86. The van der Waals surface area contributed by atoms with Crippen molar-refractivity contribution in [3.63, 3.8) is 0 Å². The molecule has 8 heteroatoms. The van der Waals surface area contributed by atoms with Crippen LogP contribution in [0.15, 0.2) is 12.1 Å². The van der Waals surface area contributed by atoms with Gasteiger partial charge in [-0.2, -0.15) is 5.10 Å². The number of hydrogen-bond acceptors (Lipinski definition) is 6. The summed E-state index contributed by atoms with van der Waals surface area (Å²) in [5.74, 6) is 1.81. The third-order valence-corrected chi connectivity index (χ3v) is 5.95. The number of piperidine rings is 1. The fraction of sp³-hybridized carbons (Fsp3) is 0.700. The Labute approximate surface area is 165 Å². The number of carbonyl (C=O) groups is 2. The Morgan fingerprint density at radius 1 is 0.964 bits per heavy atom. The summed E-state index contributed by atoms with van der Waals surface area (Å²) in [4.78, 5) is 30.5. The third kappa shape index (κ3) is 4.20. The average Bonchev–Trinajstić information content (AvgIpc) is 3.59. The molecule has 1 saturated carbocycles. The zero-order chi connectivity index (χ0) is 19.5. The van der Waals surface area contributed by atoms with Crippen LogP contribution in [0.4, 0.5) is 10.6 Å². The van der Waals surface area contributed by atoms with E-state index in [9.17, 15) is 9.59 Å². The standard InChI is InChI=1S/C20H29N5O3/c1-2-28-20(27)25-13-11-24(12-14-25)19(26)16-7-9-23(10-8-16)18-6-5-17(21-22-18)15-3-4-15/h5-6,15-16H,2-4,7-14H2,1H3. The molecule has 3 aliphatic rings. The van der Waals surface area contributed by atoms with E-state index < -0.39 is 0 Å². The number of aromatic nitrogens is 2. The van der Waals surface area contributed by atoms with Gasteiger partial charge >= 0.3 is 6.09 Å². The summed E-state index contributed by atoms with van der Waals surface area (Å²) in [5, 5.41) is 8.76. The molecule has 0 N–H and O–H groups in total. The predicted octanol–water partition coefficient (Wildman–Crippen LogP) is 1.87. The molecule has 0 radical (unpaired) electrons. The van der Waals surface area contributed by atoms with Crippen molar-refractivity contribution in [1.29, 1.82) is 0 Å². The molecule has 0 unspecified atom stereocenters. The molecule has 1 aliphatic carbocycles. The van der Waals surface area contributed by atoms with Gasteiger partial charge in [-0.3, -0.25) is 4.79 Å². The summed E-state index contributed by atoms with van der Waals surface area (Å²) in [5.41, 5.74) is 1.11. The number of carbonyl (C=O) groups excluding carboxylic acids is 2. The van der Waals surface area contributed by atoms with E-state index in [-0.39, 0.29) is 17.9 Å². The van der Waals surface area contributed by atoms with Crippen LogP contribution in [0.25, 0.3) is 0 Å². The lowest BCUT2D eigenvalue weighted by atomic mass is 9.95. The van der Waals surface area contributed by atoms with Crippen LogP contribution in [0, 0.1) is 5.92 Å². The lowest BCUT2D eigenvalue weighted by Gasteiger charge is -2.38. The van der Waals surface area contributed by atoms with Crippen LogP contribution in [-0.4, -0.2) is 77.9 Å². The molecule has 8 nitrogen and oxygen atoms in total. The Balaban J connectivity index is 1.24. The van der Waals surface area contributed by atoms with Crippen LogP contribution >= 0.6 is 0 Å². The second kappa shape index (κ2) is 8.32. The Bertz CT molecular complexity index is 690. The zero-order valence-corrected chi connectivity index (χ0v) is 16.5. The van der Waals surface area contributed by atoms with Gasteiger partial charge in [0, 0.05) is 51.1 Å². The molecule has 2 saturated heterocycles. The van der Waals surface area contributed by atoms with Gasteiger partial charge in [-0.15, -0.1) is 5.10 Å². The lowest BCUT2D eigenvalue weighted by Crippen LogP contribution is -2.53. The smallest absolute Gasteiger partial charge is 0.409 e. The van der Waals surface area contributed by atoms with E-state index in [2.05, 4.69) is 27.2 Å². The van der Waals surface area contributed by atoms with Gasteiger partial charge in [0.05, 0.1) is 12.3 Å². The highest BCUT2D eigenvalue weighted by atomic mass is 16.6. The van der Waals surface area contributed by atoms with Crippen LogP contribution in [0.1, 0.15) is 44.2 Å². The molecule has 2 aliphatic heterocycles. The molecule has 0 bridgehead atoms. The highest BCUT2D eigenvalue weighted by Crippen LogP contribution is 2.38. The van der Waals surface area contributed by atoms with Crippen molar-refractivity contribution in [1.82, 2.24) is 20.0 Å². The molecule has 1 aromatic rings. The minimum absolute atomic E-state index is 0.0593. The van der Waals surface area contributed by atoms with Crippen molar-refractivity contribution in [2.24, 2.45) is 5.92 Å². The Morgan fingerprint density at radius 2 is 1.64 bits per heavy atom. The van der Waals surface area contributed by atoms with E-state index in [4.69, 9.17) is 4.74 Å². The molecule has 28 heavy (non-hydrogen) atoms. The highest BCUT2D eigenvalue weighted by molar-refractivity contribution is 5.79. The molecule has 1 aromatic heterocycles. The largest absolute Gasteiger partial charge is 0.450 e. The molecule has 3 fully saturated rings. The van der Waals surface area contributed by atoms with Crippen LogP contribution in [0.2, 0.25) is 0 Å². The molecule has 2 amide bonds. The lowest BCUT2D eigenvalue weighted by molar-refractivity contribution is -0.137. The number of ether oxygens (including phenoxy) is 1. The van der Waals surface area contributed by atoms with E-state index in [1.54, 1.807) is 11.8 Å². The molecule has 4 rings (SSSR count). The number of amides is 2. The SMILES string of the molecule is CCOC(=O)N1CCN(C(=O)C2CCN(c3ccc(C4CC4)nn3)CC2)CC1. The number of hydrogen-bond donors (Lipinski definition) is 0. The topological polar surface area (TPSA) is 78.9 Å². The van der Waals surface area contributed by atoms with Crippen LogP contribution < -0.4 is 4.90 Å². The van der Waals surface area contributed by atoms with E-state index in [0.29, 0.717) is 38.7 Å². The molecule has 0 aromatic carbocycles. The summed E-state index contributed by atoms with van der Waals surface area (Å²) < 4.78 is 5.04. The molecular formula is C20H29N5O3. The number of nitrogens with zero attached hydrogens (tertiary/aromatic N) is 5. The molecule has 0 atom stereocenters. The van der Waals surface area contributed by atoms with Crippen LogP contribution in [0.3, 0.4) is 0 Å². The quantitative estimate of drug-likeness (QED) is 0.785. The fourth-order valence-electron chi connectivity index (χ4n) is 4.04. The van der Waals surface area contributed by atoms with E-state index in [1.165, 1.54) is 12.8 Å². The first kappa shape index (κ1) is 19.0. The fourth-order valence-corrected chi connectivity index (χ4v) is 4.04. The van der Waals surface area contributed by atoms with Gasteiger partial charge in [0.15, 0.2) is 5.82 Å². The summed E-state index contributed by atoms with van der Waals surface area (Å²) in [6.45, 7) is 6.12. The van der Waals surface area contributed by atoms with Gasteiger partial charge in [0.25, 0.3) is 0 Å². The van der Waals surface area contributed by atoms with Crippen LogP contribution in [0.5, 0.6) is 0 Å². The first-order valence-electron chi connectivity index (χ1n) is 10.4. The van der Waals surface area contributed by atoms with Gasteiger partial charge in [0.2, 0.25) is 5.91 Å². The van der Waals surface area contributed by atoms with Crippen molar-refractivity contribution in [3.05, 3.63) is 17.8 Å². The van der Waals surface area contributed by atoms with Crippen molar-refractivity contribution < 1.29 is 14.3 Å². The molecular weight excluding hydrogens is 358 g/mol. The zero-order valence-electron chi connectivity index (χ0n) is 16.5. The van der Waals surface area contributed by atoms with Gasteiger partial charge < -0.3 is 19.4 Å². The maximum atomic E-state index is 12.9. The third-order valence-electron chi connectivity index (χ3n) is 5.95. The van der Waals surface area contributed by atoms with Gasteiger partial charge in [-0.05, 0) is 44.7 Å². The first-order chi connectivity index (χ1) is 13.7. The van der Waals surface area contributed by atoms with Crippen molar-refractivity contribution in [3.8, 4) is 0 Å². The number of rotatable bonds is 4. The Morgan fingerprint density at radius 3 is 2.21 bits per heavy atom. The van der Waals surface area contributed by atoms with Crippen molar-refractivity contribution >= 4 is 17.8 Å². The normalized spacial score (nSPS) is 21.0. The highest BCUT2D eigenvalue weighted by Gasteiger charge is 2.32. The van der Waals surface area contributed by atoms with Gasteiger partial charge in [-0.1, -0.05) is 0 Å². The first-order valence-corrected chi connectivity index (χ1v) is 10.4. The maximum absolute atomic E-state index is 12.9. The number of piperazine rings is 1. The van der Waals surface area contributed by atoms with Crippen molar-refractivity contribution in [2.75, 3.05) is 50.8 Å². The van der Waals surface area contributed by atoms with Crippen molar-refractivity contribution in [2.45, 2.75) is 38.5 Å². The number of anilines is 1. The molecule has 152 valence electrons. The maximum Gasteiger partial charge on any atom is 0.409 e. The summed E-state index contributed by atoms with van der Waals surface area (Å²) in [7, 11) is 0. The monoisotopic (exact) mass is 387 g/mol. The molecule has 3 heterocycles. The van der Waals surface area contributed by atoms with Crippen LogP contribution in [-0.2, 0) is 9.53 Å². The summed E-state index contributed by atoms with van der Waals surface area (Å²) in [6, 6.07) is 4.16. The summed E-state index contributed by atoms with van der Waals surface area (Å²) >= 11 is 0. The van der Waals surface area contributed by atoms with E-state index >= 15 is 0 Å². The van der Waals surface area contributed by atoms with E-state index in [0.717, 1.165) is 37.4 Å². The van der Waals surface area contributed by atoms with E-state index in [1.807, 2.05) is 4.90 Å². The summed E-state index contributed by atoms with van der Waals surface area (Å²) in [6.07, 6.45) is 3.86.